The topological polar surface area (TPSA) is 183 Å². The number of ether oxygens (including phenoxy) is 1. The van der Waals surface area contributed by atoms with Gasteiger partial charge in [-0.15, -0.1) is 0 Å². The molecule has 0 spiro atoms. The summed E-state index contributed by atoms with van der Waals surface area (Å²) in [7, 11) is -3.58. The number of sulfone groups is 1. The van der Waals surface area contributed by atoms with Crippen molar-refractivity contribution in [3.05, 3.63) is 58.7 Å². The van der Waals surface area contributed by atoms with Crippen molar-refractivity contribution < 1.29 is 32.6 Å². The van der Waals surface area contributed by atoms with Crippen molar-refractivity contribution >= 4 is 62.3 Å². The van der Waals surface area contributed by atoms with Crippen molar-refractivity contribution in [2.24, 2.45) is 5.41 Å². The largest absolute Gasteiger partial charge is 0.489 e. The number of likely N-dealkylation sites (tertiary alicyclic amines) is 2. The lowest BCUT2D eigenvalue weighted by molar-refractivity contribution is -0.140. The van der Waals surface area contributed by atoms with Crippen LogP contribution in [0.5, 0.6) is 5.75 Å². The number of nitrogens with one attached hydrogen (secondary N) is 3. The summed E-state index contributed by atoms with van der Waals surface area (Å²) in [5.74, 6) is 1.42. The smallest absolute Gasteiger partial charge is 0.246 e. The van der Waals surface area contributed by atoms with Crippen molar-refractivity contribution in [3.63, 3.8) is 0 Å². The van der Waals surface area contributed by atoms with Crippen LogP contribution in [0.3, 0.4) is 0 Å². The molecule has 3 aromatic rings. The molecule has 0 unspecified atom stereocenters. The fourth-order valence-corrected chi connectivity index (χ4v) is 10.2. The molecular weight excluding hydrogens is 878 g/mol. The van der Waals surface area contributed by atoms with Crippen LogP contribution in [-0.2, 0) is 24.2 Å². The highest BCUT2D eigenvalue weighted by Crippen LogP contribution is 2.39. The van der Waals surface area contributed by atoms with Gasteiger partial charge in [-0.1, -0.05) is 76.6 Å². The van der Waals surface area contributed by atoms with Crippen LogP contribution in [0, 0.1) is 12.3 Å². The zero-order valence-corrected chi connectivity index (χ0v) is 42.2. The van der Waals surface area contributed by atoms with E-state index < -0.39 is 32.6 Å². The molecule has 0 saturated carbocycles. The fourth-order valence-electron chi connectivity index (χ4n) is 8.83. The van der Waals surface area contributed by atoms with Crippen molar-refractivity contribution in [2.75, 3.05) is 30.3 Å². The van der Waals surface area contributed by atoms with Crippen LogP contribution in [0.2, 0.25) is 5.02 Å². The monoisotopic (exact) mass is 952 g/mol. The van der Waals surface area contributed by atoms with Crippen LogP contribution >= 0.6 is 11.6 Å². The number of aryl methyl sites for hydroxylation is 1. The number of unbranched alkanes of at least 4 members (excludes halogenated alkanes) is 6. The number of aliphatic hydroxyl groups excluding tert-OH is 1. The van der Waals surface area contributed by atoms with E-state index in [1.54, 1.807) is 43.0 Å². The minimum absolute atomic E-state index is 0.0467. The maximum atomic E-state index is 13.3. The van der Waals surface area contributed by atoms with Gasteiger partial charge in [-0.25, -0.2) is 13.4 Å². The van der Waals surface area contributed by atoms with Crippen LogP contribution in [0.1, 0.15) is 149 Å². The van der Waals surface area contributed by atoms with Gasteiger partial charge in [0.25, 0.3) is 0 Å². The second-order valence-corrected chi connectivity index (χ2v) is 22.7. The summed E-state index contributed by atoms with van der Waals surface area (Å²) in [6, 6.07) is 10.1. The number of carbonyl (C=O) groups excluding carboxylic acids is 3. The molecule has 3 heterocycles. The maximum absolute atomic E-state index is 13.3. The molecule has 16 heteroatoms. The Morgan fingerprint density at radius 2 is 1.56 bits per heavy atom. The lowest BCUT2D eigenvalue weighted by atomic mass is 9.85. The molecule has 66 heavy (non-hydrogen) atoms. The number of hydrogen-bond acceptors (Lipinski definition) is 11. The zero-order chi connectivity index (χ0) is 48.3. The summed E-state index contributed by atoms with van der Waals surface area (Å²) in [4.78, 5) is 52.3. The lowest BCUT2D eigenvalue weighted by Gasteiger charge is -2.35. The van der Waals surface area contributed by atoms with Crippen LogP contribution in [0.4, 0.5) is 23.1 Å². The third-order valence-electron chi connectivity index (χ3n) is 12.6. The normalized spacial score (nSPS) is 17.6. The Morgan fingerprint density at radius 1 is 0.924 bits per heavy atom. The van der Waals surface area contributed by atoms with Crippen molar-refractivity contribution in [1.29, 1.82) is 0 Å². The van der Waals surface area contributed by atoms with Crippen LogP contribution in [0.25, 0.3) is 0 Å². The van der Waals surface area contributed by atoms with Crippen molar-refractivity contribution in [2.45, 2.75) is 180 Å². The summed E-state index contributed by atoms with van der Waals surface area (Å²) < 4.78 is 32.5. The zero-order valence-electron chi connectivity index (χ0n) is 40.6. The second-order valence-electron chi connectivity index (χ2n) is 19.8. The first-order chi connectivity index (χ1) is 31.1. The molecular formula is C50H74ClN7O7S. The molecule has 364 valence electrons. The number of amides is 3. The minimum Gasteiger partial charge on any atom is -0.489 e. The average Bonchev–Trinajstić information content (AvgIpc) is 3.60. The van der Waals surface area contributed by atoms with E-state index in [2.05, 4.69) is 38.9 Å². The quantitative estimate of drug-likeness (QED) is 0.0746. The van der Waals surface area contributed by atoms with Gasteiger partial charge in [0.2, 0.25) is 23.7 Å². The third kappa shape index (κ3) is 14.3. The molecule has 4 N–H and O–H groups in total. The van der Waals surface area contributed by atoms with E-state index in [-0.39, 0.29) is 57.5 Å². The Kier molecular flexibility index (Phi) is 18.7. The number of anilines is 4. The fraction of sp³-hybridized carbons (Fsp3) is 0.620. The van der Waals surface area contributed by atoms with Crippen molar-refractivity contribution in [3.8, 4) is 5.75 Å². The standard InChI is InChI=1S/C50H74ClN7O7S/c1-32(2)65-42-29-38(34(5)27-41(42)54-49-52-30-39(51)47(56-49)53-40-19-17-18-20-43(40)66(63,64)33(3)4)36-23-25-57(26-24-36)45(61)22-16-14-12-10-11-13-15-21-44(60)55-46(50(7,8)9)48(62)58-31-37(59)28-35(58)6/h17-20,27,29-30,32-33,35-37,46,59H,10-16,21-26,28,31H2,1-9H3,(H,55,60)(H2,52,53,54,56)/t35-,37-,46-/m1/s1. The van der Waals surface area contributed by atoms with Gasteiger partial charge in [-0.3, -0.25) is 14.4 Å². The molecule has 3 amide bonds. The molecule has 2 saturated heterocycles. The predicted octanol–water partition coefficient (Wildman–Crippen LogP) is 9.62. The van der Waals surface area contributed by atoms with E-state index in [0.717, 1.165) is 63.4 Å². The summed E-state index contributed by atoms with van der Waals surface area (Å²) in [5, 5.41) is 19.1. The van der Waals surface area contributed by atoms with Gasteiger partial charge in [0, 0.05) is 38.5 Å². The second kappa shape index (κ2) is 23.5. The summed E-state index contributed by atoms with van der Waals surface area (Å²) in [6.45, 7) is 18.8. The number of para-hydroxylation sites is 1. The number of aliphatic hydroxyl groups is 1. The number of rotatable bonds is 21. The minimum atomic E-state index is -3.58. The number of β-amino-alcohol motifs (C(OH)–C–C–N with tert-alkyl or cyclic N) is 1. The van der Waals surface area contributed by atoms with Crippen LogP contribution < -0.4 is 20.7 Å². The van der Waals surface area contributed by atoms with Gasteiger partial charge in [-0.2, -0.15) is 4.98 Å². The molecule has 1 aromatic heterocycles. The maximum Gasteiger partial charge on any atom is 0.246 e. The number of halogens is 1. The van der Waals surface area contributed by atoms with Gasteiger partial charge in [0.1, 0.15) is 16.8 Å². The van der Waals surface area contributed by atoms with Crippen LogP contribution in [-0.4, -0.2) is 100 Å². The highest BCUT2D eigenvalue weighted by atomic mass is 35.5. The first-order valence-electron chi connectivity index (χ1n) is 23.9. The Labute approximate surface area is 398 Å². The van der Waals surface area contributed by atoms with Gasteiger partial charge >= 0.3 is 0 Å². The molecule has 2 aromatic carbocycles. The highest BCUT2D eigenvalue weighted by molar-refractivity contribution is 7.92. The Hall–Kier alpha value is -4.47. The van der Waals surface area contributed by atoms with Gasteiger partial charge < -0.3 is 35.6 Å². The number of piperidine rings is 1. The van der Waals surface area contributed by atoms with Crippen LogP contribution in [0.15, 0.2) is 47.5 Å². The predicted molar refractivity (Wildman–Crippen MR) is 263 cm³/mol. The highest BCUT2D eigenvalue weighted by Gasteiger charge is 2.40. The number of nitrogens with zero attached hydrogens (tertiary/aromatic N) is 4. The number of aromatic nitrogens is 2. The number of hydrogen-bond donors (Lipinski definition) is 4. The van der Waals surface area contributed by atoms with E-state index in [9.17, 15) is 27.9 Å². The van der Waals surface area contributed by atoms with E-state index in [1.165, 1.54) is 11.8 Å². The average molecular weight is 953 g/mol. The molecule has 14 nitrogen and oxygen atoms in total. The Morgan fingerprint density at radius 3 is 2.17 bits per heavy atom. The van der Waals surface area contributed by atoms with E-state index in [0.29, 0.717) is 56.0 Å². The lowest BCUT2D eigenvalue weighted by Crippen LogP contribution is -2.55. The Bertz CT molecular complexity index is 2240. The van der Waals surface area contributed by atoms with Gasteiger partial charge in [0.15, 0.2) is 15.7 Å². The van der Waals surface area contributed by atoms with Gasteiger partial charge in [0.05, 0.1) is 39.9 Å². The van der Waals surface area contributed by atoms with E-state index in [4.69, 9.17) is 16.3 Å². The molecule has 2 aliphatic rings. The van der Waals surface area contributed by atoms with Gasteiger partial charge in [-0.05, 0) is 120 Å². The summed E-state index contributed by atoms with van der Waals surface area (Å²) in [6.07, 6.45) is 10.7. The molecule has 2 aliphatic heterocycles. The summed E-state index contributed by atoms with van der Waals surface area (Å²) in [5.41, 5.74) is 2.88. The number of benzene rings is 2. The third-order valence-corrected chi connectivity index (χ3v) is 15.1. The first kappa shape index (κ1) is 52.5. The molecule has 0 aliphatic carbocycles. The molecule has 2 fully saturated rings. The molecule has 3 atom stereocenters. The van der Waals surface area contributed by atoms with Crippen molar-refractivity contribution in [1.82, 2.24) is 25.1 Å². The first-order valence-corrected chi connectivity index (χ1v) is 25.8. The van der Waals surface area contributed by atoms with E-state index in [1.807, 2.05) is 52.5 Å². The summed E-state index contributed by atoms with van der Waals surface area (Å²) >= 11 is 6.51. The number of carbonyl (C=O) groups is 3. The SMILES string of the molecule is Cc1cc(Nc2ncc(Cl)c(Nc3ccccc3S(=O)(=O)C(C)C)n2)c(OC(C)C)cc1C1CCN(C(=O)CCCCCCCCCC(=O)N[C@H](C(=O)N2C[C@H](O)C[C@H]2C)C(C)(C)C)CC1. The molecule has 0 radical (unpaired) electrons. The van der Waals surface area contributed by atoms with E-state index >= 15 is 0 Å². The molecule has 5 rings (SSSR count). The molecule has 0 bridgehead atoms. The Balaban J connectivity index is 1.05.